The Morgan fingerprint density at radius 3 is 2.80 bits per heavy atom. The van der Waals surface area contributed by atoms with Crippen molar-refractivity contribution in [3.05, 3.63) is 67.8 Å². The number of Topliss-reactive ketones (excluding diaryl/α,β-unsaturated/α-hetero) is 1. The van der Waals surface area contributed by atoms with Gasteiger partial charge in [-0.05, 0) is 71.8 Å². The van der Waals surface area contributed by atoms with Gasteiger partial charge in [-0.25, -0.2) is 0 Å². The number of dihydropyridines is 1. The van der Waals surface area contributed by atoms with Crippen LogP contribution in [0.3, 0.4) is 0 Å². The third-order valence-corrected chi connectivity index (χ3v) is 6.85. The van der Waals surface area contributed by atoms with Gasteiger partial charge in [0.25, 0.3) is 0 Å². The lowest BCUT2D eigenvalue weighted by molar-refractivity contribution is -0.117. The molecule has 35 heavy (non-hydrogen) atoms. The molecule has 1 aliphatic heterocycles. The summed E-state index contributed by atoms with van der Waals surface area (Å²) in [5, 5.41) is 17.0. The quantitative estimate of drug-likeness (QED) is 0.155. The summed E-state index contributed by atoms with van der Waals surface area (Å²) in [6.07, 6.45) is 4.83. The Morgan fingerprint density at radius 2 is 2.17 bits per heavy atom. The lowest BCUT2D eigenvalue weighted by Gasteiger charge is -2.35. The first-order valence-corrected chi connectivity index (χ1v) is 12.6. The van der Waals surface area contributed by atoms with E-state index >= 15 is 0 Å². The Balaban J connectivity index is 2.08. The number of rotatable bonds is 10. The second-order valence-electron chi connectivity index (χ2n) is 8.67. The number of carbonyl (C=O) groups excluding carboxylic acids is 1. The first-order chi connectivity index (χ1) is 16.9. The van der Waals surface area contributed by atoms with Crippen LogP contribution >= 0.6 is 15.9 Å². The van der Waals surface area contributed by atoms with Crippen LogP contribution < -0.4 is 14.8 Å². The normalized spacial score (nSPS) is 20.3. The van der Waals surface area contributed by atoms with Gasteiger partial charge in [-0.15, -0.1) is 6.58 Å². The van der Waals surface area contributed by atoms with Crippen molar-refractivity contribution >= 4 is 21.7 Å². The van der Waals surface area contributed by atoms with Crippen molar-refractivity contribution in [3.63, 3.8) is 0 Å². The molecule has 3 atom stereocenters. The van der Waals surface area contributed by atoms with E-state index in [1.54, 1.807) is 0 Å². The van der Waals surface area contributed by atoms with Gasteiger partial charge in [0.05, 0.1) is 34.7 Å². The standard InChI is InChI=1S/C26H30BrN5O3/c1-5-8-16-9-21-25(22(33)10-16)24(19(13-28)15(4)30-21)17-11-20(27)26(23(12-17)34-7-3)35-14-18(6-2)31-32-29/h6,11-12,16,18,24,30H,2,5,7-10,14H2,1,3-4H3. The summed E-state index contributed by atoms with van der Waals surface area (Å²) in [5.74, 6) is 0.838. The predicted octanol–water partition coefficient (Wildman–Crippen LogP) is 6.61. The zero-order valence-electron chi connectivity index (χ0n) is 20.3. The fraction of sp³-hybridized carbons (Fsp3) is 0.462. The van der Waals surface area contributed by atoms with E-state index in [0.29, 0.717) is 46.1 Å². The van der Waals surface area contributed by atoms with E-state index in [2.05, 4.69) is 50.8 Å². The van der Waals surface area contributed by atoms with E-state index in [9.17, 15) is 10.1 Å². The fourth-order valence-corrected chi connectivity index (χ4v) is 5.33. The number of hydrogen-bond donors (Lipinski definition) is 1. The second kappa shape index (κ2) is 12.0. The van der Waals surface area contributed by atoms with Crippen molar-refractivity contribution in [2.24, 2.45) is 11.0 Å². The maximum absolute atomic E-state index is 13.4. The molecule has 1 aromatic rings. The summed E-state index contributed by atoms with van der Waals surface area (Å²) in [4.78, 5) is 16.2. The van der Waals surface area contributed by atoms with Gasteiger partial charge in [-0.1, -0.05) is 24.5 Å². The molecule has 8 nitrogen and oxygen atoms in total. The molecular formula is C26H30BrN5O3. The van der Waals surface area contributed by atoms with Crippen molar-refractivity contribution in [1.29, 1.82) is 5.26 Å². The van der Waals surface area contributed by atoms with E-state index in [1.165, 1.54) is 6.08 Å². The van der Waals surface area contributed by atoms with Gasteiger partial charge in [-0.2, -0.15) is 5.26 Å². The molecule has 1 N–H and O–H groups in total. The highest BCUT2D eigenvalue weighted by Crippen LogP contribution is 2.47. The van der Waals surface area contributed by atoms with Gasteiger partial charge in [0.1, 0.15) is 6.61 Å². The second-order valence-corrected chi connectivity index (χ2v) is 9.52. The van der Waals surface area contributed by atoms with Crippen molar-refractivity contribution < 1.29 is 14.3 Å². The highest BCUT2D eigenvalue weighted by Gasteiger charge is 2.39. The molecule has 3 rings (SSSR count). The highest BCUT2D eigenvalue weighted by molar-refractivity contribution is 9.10. The molecule has 0 aromatic heterocycles. The molecule has 0 fully saturated rings. The third kappa shape index (κ3) is 5.72. The van der Waals surface area contributed by atoms with Crippen LogP contribution in [0.25, 0.3) is 10.4 Å². The van der Waals surface area contributed by atoms with Crippen molar-refractivity contribution in [2.45, 2.75) is 58.4 Å². The molecule has 1 aromatic carbocycles. The van der Waals surface area contributed by atoms with Crippen LogP contribution in [-0.4, -0.2) is 25.0 Å². The topological polar surface area (TPSA) is 120 Å². The molecule has 0 bridgehead atoms. The van der Waals surface area contributed by atoms with Crippen LogP contribution in [0.1, 0.15) is 57.9 Å². The molecule has 0 saturated carbocycles. The minimum absolute atomic E-state index is 0.0834. The summed E-state index contributed by atoms with van der Waals surface area (Å²) >= 11 is 3.59. The number of halogens is 1. The van der Waals surface area contributed by atoms with E-state index in [4.69, 9.17) is 15.0 Å². The molecule has 2 aliphatic rings. The lowest BCUT2D eigenvalue weighted by atomic mass is 9.72. The number of nitrogens with zero attached hydrogens (tertiary/aromatic N) is 4. The van der Waals surface area contributed by atoms with Gasteiger partial charge < -0.3 is 14.8 Å². The zero-order chi connectivity index (χ0) is 25.5. The number of ketones is 1. The van der Waals surface area contributed by atoms with Gasteiger partial charge in [0, 0.05) is 28.3 Å². The number of azide groups is 1. The van der Waals surface area contributed by atoms with Gasteiger partial charge in [0.15, 0.2) is 17.3 Å². The largest absolute Gasteiger partial charge is 0.490 e. The summed E-state index contributed by atoms with van der Waals surface area (Å²) in [7, 11) is 0. The van der Waals surface area contributed by atoms with E-state index < -0.39 is 12.0 Å². The third-order valence-electron chi connectivity index (χ3n) is 6.27. The Hall–Kier alpha value is -3.21. The first-order valence-electron chi connectivity index (χ1n) is 11.8. The molecule has 9 heteroatoms. The molecule has 0 spiro atoms. The van der Waals surface area contributed by atoms with Crippen molar-refractivity contribution in [3.8, 4) is 17.6 Å². The first kappa shape index (κ1) is 26.4. The van der Waals surface area contributed by atoms with Gasteiger partial charge in [-0.3, -0.25) is 4.79 Å². The molecule has 0 saturated heterocycles. The zero-order valence-corrected chi connectivity index (χ0v) is 21.9. The number of hydrogen-bond acceptors (Lipinski definition) is 6. The SMILES string of the molecule is C=CC(COc1c(Br)cc(C2C(C#N)=C(C)NC3=C2C(=O)CC(CCC)C3)cc1OCC)N=[N+]=[N-]. The van der Waals surface area contributed by atoms with Crippen LogP contribution in [0.5, 0.6) is 11.5 Å². The minimum Gasteiger partial charge on any atom is -0.490 e. The Morgan fingerprint density at radius 1 is 1.40 bits per heavy atom. The van der Waals surface area contributed by atoms with Crippen LogP contribution in [-0.2, 0) is 4.79 Å². The van der Waals surface area contributed by atoms with E-state index in [-0.39, 0.29) is 12.4 Å². The number of carbonyl (C=O) groups is 1. The number of benzene rings is 1. The van der Waals surface area contributed by atoms with Crippen LogP contribution in [0.4, 0.5) is 0 Å². The average Bonchev–Trinajstić information content (AvgIpc) is 2.82. The number of nitriles is 1. The molecule has 0 amide bonds. The summed E-state index contributed by atoms with van der Waals surface area (Å²) in [6.45, 7) is 10.0. The molecule has 1 aliphatic carbocycles. The summed E-state index contributed by atoms with van der Waals surface area (Å²) in [6, 6.07) is 5.48. The van der Waals surface area contributed by atoms with Crippen LogP contribution in [0.2, 0.25) is 0 Å². The summed E-state index contributed by atoms with van der Waals surface area (Å²) < 4.78 is 12.4. The number of nitrogens with one attached hydrogen (secondary N) is 1. The maximum Gasteiger partial charge on any atom is 0.175 e. The molecule has 1 heterocycles. The Kier molecular flexibility index (Phi) is 9.02. The van der Waals surface area contributed by atoms with Crippen LogP contribution in [0.15, 0.2) is 56.9 Å². The van der Waals surface area contributed by atoms with Crippen LogP contribution in [0, 0.1) is 17.2 Å². The van der Waals surface area contributed by atoms with Gasteiger partial charge in [0.2, 0.25) is 0 Å². The fourth-order valence-electron chi connectivity index (χ4n) is 4.75. The maximum atomic E-state index is 13.4. The summed E-state index contributed by atoms with van der Waals surface area (Å²) in [5.41, 5.74) is 12.4. The Bertz CT molecular complexity index is 1160. The lowest BCUT2D eigenvalue weighted by Crippen LogP contribution is -2.34. The highest BCUT2D eigenvalue weighted by atomic mass is 79.9. The molecule has 0 radical (unpaired) electrons. The smallest absolute Gasteiger partial charge is 0.175 e. The van der Waals surface area contributed by atoms with Gasteiger partial charge >= 0.3 is 0 Å². The van der Waals surface area contributed by atoms with Crippen molar-refractivity contribution in [2.75, 3.05) is 13.2 Å². The number of ether oxygens (including phenoxy) is 2. The molecular weight excluding hydrogens is 510 g/mol. The van der Waals surface area contributed by atoms with E-state index in [0.717, 1.165) is 36.2 Å². The number of allylic oxidation sites excluding steroid dienone is 4. The Labute approximate surface area is 214 Å². The average molecular weight is 540 g/mol. The van der Waals surface area contributed by atoms with E-state index in [1.807, 2.05) is 26.0 Å². The minimum atomic E-state index is -0.537. The monoisotopic (exact) mass is 539 g/mol. The molecule has 3 unspecified atom stereocenters. The van der Waals surface area contributed by atoms with Crippen molar-refractivity contribution in [1.82, 2.24) is 5.32 Å². The molecule has 184 valence electrons. The predicted molar refractivity (Wildman–Crippen MR) is 138 cm³/mol.